The summed E-state index contributed by atoms with van der Waals surface area (Å²) in [6.45, 7) is 11.0. The summed E-state index contributed by atoms with van der Waals surface area (Å²) in [7, 11) is 0. The van der Waals surface area contributed by atoms with E-state index in [1.54, 1.807) is 0 Å². The normalized spacial score (nSPS) is 14.1. The van der Waals surface area contributed by atoms with E-state index in [1.807, 2.05) is 0 Å². The Hall–Kier alpha value is -2.40. The van der Waals surface area contributed by atoms with Gasteiger partial charge in [-0.3, -0.25) is 0 Å². The van der Waals surface area contributed by atoms with Gasteiger partial charge in [-0.1, -0.05) is 58.4 Å². The van der Waals surface area contributed by atoms with Crippen LogP contribution in [0.3, 0.4) is 0 Å². The summed E-state index contributed by atoms with van der Waals surface area (Å²) in [5, 5.41) is 0. The number of aromatic nitrogens is 3. The third-order valence-electron chi connectivity index (χ3n) is 6.57. The third kappa shape index (κ3) is 4.83. The molecular formula is C27H38N4O. The number of nitrogens with zero attached hydrogens (tertiary/aromatic N) is 3. The summed E-state index contributed by atoms with van der Waals surface area (Å²) in [6.07, 6.45) is 7.73. The summed E-state index contributed by atoms with van der Waals surface area (Å²) in [5.74, 6) is 1.70. The fourth-order valence-corrected chi connectivity index (χ4v) is 4.66. The Morgan fingerprint density at radius 3 is 2.53 bits per heavy atom. The molecule has 0 saturated carbocycles. The highest BCUT2D eigenvalue weighted by molar-refractivity contribution is 5.89. The number of unbranched alkanes of at least 4 members (excludes halogenated alkanes) is 1. The van der Waals surface area contributed by atoms with E-state index >= 15 is 0 Å². The summed E-state index contributed by atoms with van der Waals surface area (Å²) in [6, 6.07) is 8.80. The monoisotopic (exact) mass is 434 g/mol. The number of imidazole rings is 1. The molecule has 32 heavy (non-hydrogen) atoms. The lowest BCUT2D eigenvalue weighted by molar-refractivity contribution is 0.113. The van der Waals surface area contributed by atoms with E-state index in [1.165, 1.54) is 40.7 Å². The molecule has 2 aromatic heterocycles. The Balaban J connectivity index is 1.52. The van der Waals surface area contributed by atoms with Crippen LogP contribution in [0.4, 0.5) is 5.82 Å². The smallest absolute Gasteiger partial charge is 0.151 e. The number of nitrogen functional groups attached to an aromatic ring is 1. The minimum atomic E-state index is 0.173. The fraction of sp³-hybridized carbons (Fsp3) is 0.556. The number of rotatable bonds is 8. The Morgan fingerprint density at radius 2 is 1.81 bits per heavy atom. The number of anilines is 1. The number of hydrogen-bond donors (Lipinski definition) is 1. The molecule has 0 spiro atoms. The molecule has 0 atom stereocenters. The first-order valence-electron chi connectivity index (χ1n) is 12.2. The van der Waals surface area contributed by atoms with E-state index in [9.17, 15) is 0 Å². The lowest BCUT2D eigenvalue weighted by Gasteiger charge is -2.19. The molecule has 0 bridgehead atoms. The molecule has 0 fully saturated rings. The molecule has 5 heteroatoms. The molecule has 2 heterocycles. The second kappa shape index (κ2) is 9.62. The molecule has 172 valence electrons. The lowest BCUT2D eigenvalue weighted by Crippen LogP contribution is -2.14. The van der Waals surface area contributed by atoms with Crippen molar-refractivity contribution in [2.75, 3.05) is 12.3 Å². The zero-order chi connectivity index (χ0) is 22.7. The van der Waals surface area contributed by atoms with Crippen molar-refractivity contribution in [1.82, 2.24) is 14.5 Å². The number of aryl methyl sites for hydroxylation is 3. The minimum absolute atomic E-state index is 0.173. The lowest BCUT2D eigenvalue weighted by atomic mass is 9.87. The standard InChI is InChI=1S/C27H38N4O/c1-5-6-11-23-30-24-25(21-9-7-8-10-22(21)29-26(24)28)31(23)16-17-32-18-19-12-14-20(15-13-19)27(2,3)4/h12-15H,5-11,16-18H2,1-4H3,(H2,28,29). The SMILES string of the molecule is CCCCc1nc2c(N)nc3c(c2n1CCOCc1ccc(C(C)(C)C)cc1)CCCC3. The van der Waals surface area contributed by atoms with Crippen LogP contribution in [0.15, 0.2) is 24.3 Å². The van der Waals surface area contributed by atoms with Gasteiger partial charge in [0.05, 0.1) is 18.7 Å². The maximum Gasteiger partial charge on any atom is 0.151 e. The number of benzene rings is 1. The van der Waals surface area contributed by atoms with Crippen LogP contribution in [0.25, 0.3) is 11.0 Å². The molecule has 0 unspecified atom stereocenters. The molecular weight excluding hydrogens is 396 g/mol. The second-order valence-electron chi connectivity index (χ2n) is 10.1. The zero-order valence-corrected chi connectivity index (χ0v) is 20.2. The molecule has 0 radical (unpaired) electrons. The Bertz CT molecular complexity index is 1060. The van der Waals surface area contributed by atoms with Gasteiger partial charge in [0.25, 0.3) is 0 Å². The van der Waals surface area contributed by atoms with Crippen LogP contribution >= 0.6 is 0 Å². The van der Waals surface area contributed by atoms with Crippen molar-refractivity contribution in [3.63, 3.8) is 0 Å². The largest absolute Gasteiger partial charge is 0.382 e. The zero-order valence-electron chi connectivity index (χ0n) is 20.2. The van der Waals surface area contributed by atoms with Gasteiger partial charge >= 0.3 is 0 Å². The quantitative estimate of drug-likeness (QED) is 0.459. The van der Waals surface area contributed by atoms with Crippen molar-refractivity contribution in [3.05, 3.63) is 52.5 Å². The van der Waals surface area contributed by atoms with Gasteiger partial charge in [0, 0.05) is 18.7 Å². The van der Waals surface area contributed by atoms with Crippen LogP contribution in [0.5, 0.6) is 0 Å². The predicted molar refractivity (Wildman–Crippen MR) is 132 cm³/mol. The summed E-state index contributed by atoms with van der Waals surface area (Å²) in [5.41, 5.74) is 13.7. The molecule has 3 aromatic rings. The Morgan fingerprint density at radius 1 is 1.06 bits per heavy atom. The van der Waals surface area contributed by atoms with Crippen LogP contribution < -0.4 is 5.73 Å². The van der Waals surface area contributed by atoms with Crippen LogP contribution in [-0.4, -0.2) is 21.1 Å². The molecule has 0 amide bonds. The maximum absolute atomic E-state index is 6.35. The van der Waals surface area contributed by atoms with Gasteiger partial charge in [0.1, 0.15) is 11.3 Å². The van der Waals surface area contributed by atoms with Crippen molar-refractivity contribution >= 4 is 16.9 Å². The first-order valence-corrected chi connectivity index (χ1v) is 12.2. The van der Waals surface area contributed by atoms with E-state index < -0.39 is 0 Å². The predicted octanol–water partition coefficient (Wildman–Crippen LogP) is 5.75. The Labute approximate surface area is 192 Å². The van der Waals surface area contributed by atoms with E-state index in [4.69, 9.17) is 20.4 Å². The highest BCUT2D eigenvalue weighted by Crippen LogP contribution is 2.32. The van der Waals surface area contributed by atoms with Gasteiger partial charge in [0.15, 0.2) is 5.82 Å². The maximum atomic E-state index is 6.35. The summed E-state index contributed by atoms with van der Waals surface area (Å²) < 4.78 is 8.48. The number of ether oxygens (including phenoxy) is 1. The number of fused-ring (bicyclic) bond motifs is 3. The first-order chi connectivity index (χ1) is 15.4. The van der Waals surface area contributed by atoms with Crippen LogP contribution in [0, 0.1) is 0 Å². The minimum Gasteiger partial charge on any atom is -0.382 e. The summed E-state index contributed by atoms with van der Waals surface area (Å²) in [4.78, 5) is 9.65. The molecule has 0 aliphatic heterocycles. The van der Waals surface area contributed by atoms with E-state index in [2.05, 4.69) is 56.5 Å². The third-order valence-corrected chi connectivity index (χ3v) is 6.57. The van der Waals surface area contributed by atoms with E-state index in [0.717, 1.165) is 50.0 Å². The molecule has 1 aromatic carbocycles. The number of pyridine rings is 1. The first kappa shape index (κ1) is 22.8. The highest BCUT2D eigenvalue weighted by atomic mass is 16.5. The molecule has 4 rings (SSSR count). The van der Waals surface area contributed by atoms with E-state index in [-0.39, 0.29) is 5.41 Å². The van der Waals surface area contributed by atoms with Gasteiger partial charge in [0.2, 0.25) is 0 Å². The van der Waals surface area contributed by atoms with Crippen molar-refractivity contribution in [3.8, 4) is 0 Å². The molecule has 2 N–H and O–H groups in total. The average molecular weight is 435 g/mol. The fourth-order valence-electron chi connectivity index (χ4n) is 4.66. The van der Waals surface area contributed by atoms with E-state index in [0.29, 0.717) is 19.0 Å². The van der Waals surface area contributed by atoms with Crippen LogP contribution in [0.2, 0.25) is 0 Å². The average Bonchev–Trinajstić information content (AvgIpc) is 3.14. The van der Waals surface area contributed by atoms with Gasteiger partial charge < -0.3 is 15.0 Å². The number of nitrogens with two attached hydrogens (primary N) is 1. The van der Waals surface area contributed by atoms with Gasteiger partial charge in [-0.05, 0) is 54.2 Å². The highest BCUT2D eigenvalue weighted by Gasteiger charge is 2.22. The van der Waals surface area contributed by atoms with Gasteiger partial charge in [-0.15, -0.1) is 0 Å². The van der Waals surface area contributed by atoms with Gasteiger partial charge in [-0.2, -0.15) is 0 Å². The van der Waals surface area contributed by atoms with Crippen molar-refractivity contribution in [1.29, 1.82) is 0 Å². The van der Waals surface area contributed by atoms with Crippen molar-refractivity contribution < 1.29 is 4.74 Å². The molecule has 1 aliphatic rings. The van der Waals surface area contributed by atoms with Crippen LogP contribution in [-0.2, 0) is 42.6 Å². The molecule has 5 nitrogen and oxygen atoms in total. The van der Waals surface area contributed by atoms with Crippen molar-refractivity contribution in [2.24, 2.45) is 0 Å². The second-order valence-corrected chi connectivity index (χ2v) is 10.1. The molecule has 0 saturated heterocycles. The van der Waals surface area contributed by atoms with Crippen molar-refractivity contribution in [2.45, 2.75) is 91.2 Å². The number of hydrogen-bond acceptors (Lipinski definition) is 4. The van der Waals surface area contributed by atoms with Gasteiger partial charge in [-0.25, -0.2) is 9.97 Å². The Kier molecular flexibility index (Phi) is 6.85. The molecule has 1 aliphatic carbocycles. The van der Waals surface area contributed by atoms with Crippen LogP contribution in [0.1, 0.15) is 81.6 Å². The summed E-state index contributed by atoms with van der Waals surface area (Å²) >= 11 is 0. The topological polar surface area (TPSA) is 66.0 Å².